The van der Waals surface area contributed by atoms with Gasteiger partial charge in [-0.15, -0.1) is 0 Å². The Kier molecular flexibility index (Phi) is 4.57. The molecule has 0 aliphatic carbocycles. The average molecular weight is 253 g/mol. The third-order valence-electron chi connectivity index (χ3n) is 3.06. The summed E-state index contributed by atoms with van der Waals surface area (Å²) in [6.07, 6.45) is 1.02. The molecule has 0 spiro atoms. The summed E-state index contributed by atoms with van der Waals surface area (Å²) in [5.41, 5.74) is 6.01. The Labute approximate surface area is 107 Å². The zero-order valence-electron chi connectivity index (χ0n) is 10.1. The highest BCUT2D eigenvalue weighted by Crippen LogP contribution is 2.28. The van der Waals surface area contributed by atoms with E-state index in [1.807, 2.05) is 36.0 Å². The molecule has 0 aromatic heterocycles. The van der Waals surface area contributed by atoms with Crippen LogP contribution in [0.25, 0.3) is 0 Å². The fourth-order valence-electron chi connectivity index (χ4n) is 1.97. The van der Waals surface area contributed by atoms with Gasteiger partial charge in [-0.05, 0) is 30.2 Å². The molecule has 1 saturated heterocycles. The van der Waals surface area contributed by atoms with Crippen molar-refractivity contribution in [3.8, 4) is 11.5 Å². The number of rotatable bonds is 5. The van der Waals surface area contributed by atoms with Crippen LogP contribution in [0.5, 0.6) is 11.5 Å². The van der Waals surface area contributed by atoms with Gasteiger partial charge in [-0.1, -0.05) is 12.1 Å². The van der Waals surface area contributed by atoms with E-state index < -0.39 is 0 Å². The molecule has 2 rings (SSSR count). The molecule has 17 heavy (non-hydrogen) atoms. The minimum Gasteiger partial charge on any atom is -0.493 e. The molecule has 1 aliphatic rings. The number of para-hydroxylation sites is 2. The van der Waals surface area contributed by atoms with E-state index in [-0.39, 0.29) is 0 Å². The van der Waals surface area contributed by atoms with E-state index in [9.17, 15) is 0 Å². The first-order valence-corrected chi connectivity index (χ1v) is 7.06. The highest BCUT2D eigenvalue weighted by atomic mass is 32.2. The molecule has 2 unspecified atom stereocenters. The molecular formula is C13H19NO2S. The van der Waals surface area contributed by atoms with E-state index in [1.165, 1.54) is 0 Å². The molecule has 2 atom stereocenters. The van der Waals surface area contributed by atoms with Gasteiger partial charge in [-0.25, -0.2) is 0 Å². The first kappa shape index (κ1) is 12.6. The monoisotopic (exact) mass is 253 g/mol. The molecule has 0 radical (unpaired) electrons. The first-order valence-electron chi connectivity index (χ1n) is 5.90. The lowest BCUT2D eigenvalue weighted by atomic mass is 10.0. The summed E-state index contributed by atoms with van der Waals surface area (Å²) in [6.45, 7) is 0.708. The van der Waals surface area contributed by atoms with Gasteiger partial charge >= 0.3 is 0 Å². The second-order valence-corrected chi connectivity index (χ2v) is 5.32. The summed E-state index contributed by atoms with van der Waals surface area (Å²) in [4.78, 5) is 0. The molecule has 2 N–H and O–H groups in total. The summed E-state index contributed by atoms with van der Waals surface area (Å²) in [5, 5.41) is 0. The topological polar surface area (TPSA) is 44.5 Å². The fourth-order valence-corrected chi connectivity index (χ4v) is 3.37. The molecule has 0 saturated carbocycles. The Balaban J connectivity index is 1.81. The van der Waals surface area contributed by atoms with Crippen molar-refractivity contribution in [2.75, 3.05) is 25.2 Å². The zero-order chi connectivity index (χ0) is 12.1. The van der Waals surface area contributed by atoms with Gasteiger partial charge in [0.1, 0.15) is 0 Å². The third-order valence-corrected chi connectivity index (χ3v) is 4.35. The predicted molar refractivity (Wildman–Crippen MR) is 71.9 cm³/mol. The van der Waals surface area contributed by atoms with Crippen molar-refractivity contribution < 1.29 is 9.47 Å². The molecule has 4 heteroatoms. The summed E-state index contributed by atoms with van der Waals surface area (Å²) < 4.78 is 11.0. The maximum absolute atomic E-state index is 6.01. The van der Waals surface area contributed by atoms with E-state index >= 15 is 0 Å². The molecular weight excluding hydrogens is 234 g/mol. The maximum Gasteiger partial charge on any atom is 0.161 e. The number of methoxy groups -OCH3 is 1. The number of ether oxygens (including phenoxy) is 2. The summed E-state index contributed by atoms with van der Waals surface area (Å²) >= 11 is 1.94. The van der Waals surface area contributed by atoms with Crippen molar-refractivity contribution in [3.63, 3.8) is 0 Å². The largest absolute Gasteiger partial charge is 0.493 e. The Hall–Kier alpha value is -0.870. The maximum atomic E-state index is 6.01. The van der Waals surface area contributed by atoms with Gasteiger partial charge in [0.2, 0.25) is 0 Å². The van der Waals surface area contributed by atoms with E-state index in [2.05, 4.69) is 0 Å². The lowest BCUT2D eigenvalue weighted by Gasteiger charge is -2.15. The lowest BCUT2D eigenvalue weighted by Crippen LogP contribution is -2.29. The van der Waals surface area contributed by atoms with Crippen LogP contribution >= 0.6 is 11.8 Å². The van der Waals surface area contributed by atoms with E-state index in [0.29, 0.717) is 18.6 Å². The van der Waals surface area contributed by atoms with Crippen molar-refractivity contribution in [2.24, 2.45) is 11.7 Å². The Morgan fingerprint density at radius 1 is 1.29 bits per heavy atom. The van der Waals surface area contributed by atoms with Crippen LogP contribution in [0.2, 0.25) is 0 Å². The van der Waals surface area contributed by atoms with E-state index in [0.717, 1.165) is 29.4 Å². The SMILES string of the molecule is COc1ccccc1OCCC1CSCC1N. The van der Waals surface area contributed by atoms with Gasteiger partial charge < -0.3 is 15.2 Å². The van der Waals surface area contributed by atoms with Gasteiger partial charge in [0.15, 0.2) is 11.5 Å². The zero-order valence-corrected chi connectivity index (χ0v) is 10.9. The van der Waals surface area contributed by atoms with Gasteiger partial charge in [-0.3, -0.25) is 0 Å². The van der Waals surface area contributed by atoms with E-state index in [4.69, 9.17) is 15.2 Å². The lowest BCUT2D eigenvalue weighted by molar-refractivity contribution is 0.264. The minimum atomic E-state index is 0.335. The quantitative estimate of drug-likeness (QED) is 0.873. The Morgan fingerprint density at radius 2 is 2.06 bits per heavy atom. The van der Waals surface area contributed by atoms with Crippen molar-refractivity contribution in [2.45, 2.75) is 12.5 Å². The fraction of sp³-hybridized carbons (Fsp3) is 0.538. The van der Waals surface area contributed by atoms with Gasteiger partial charge in [0.05, 0.1) is 13.7 Å². The van der Waals surface area contributed by atoms with Crippen LogP contribution in [0.3, 0.4) is 0 Å². The number of benzene rings is 1. The van der Waals surface area contributed by atoms with Crippen LogP contribution in [0.15, 0.2) is 24.3 Å². The molecule has 3 nitrogen and oxygen atoms in total. The first-order chi connectivity index (χ1) is 8.31. The van der Waals surface area contributed by atoms with Crippen LogP contribution in [-0.4, -0.2) is 31.3 Å². The minimum absolute atomic E-state index is 0.335. The normalized spacial score (nSPS) is 23.6. The summed E-state index contributed by atoms with van der Waals surface area (Å²) in [7, 11) is 1.66. The number of hydrogen-bond acceptors (Lipinski definition) is 4. The molecule has 1 fully saturated rings. The number of thioether (sulfide) groups is 1. The number of hydrogen-bond donors (Lipinski definition) is 1. The molecule has 94 valence electrons. The van der Waals surface area contributed by atoms with Crippen LogP contribution < -0.4 is 15.2 Å². The molecule has 0 amide bonds. The molecule has 1 aromatic carbocycles. The van der Waals surface area contributed by atoms with Crippen molar-refractivity contribution in [1.29, 1.82) is 0 Å². The van der Waals surface area contributed by atoms with Crippen LogP contribution in [0, 0.1) is 5.92 Å². The highest BCUT2D eigenvalue weighted by molar-refractivity contribution is 7.99. The predicted octanol–water partition coefficient (Wildman–Crippen LogP) is 2.15. The molecule has 0 bridgehead atoms. The van der Waals surface area contributed by atoms with Gasteiger partial charge in [0, 0.05) is 11.8 Å². The van der Waals surface area contributed by atoms with Crippen LogP contribution in [0.4, 0.5) is 0 Å². The van der Waals surface area contributed by atoms with Crippen molar-refractivity contribution in [1.82, 2.24) is 0 Å². The van der Waals surface area contributed by atoms with Crippen molar-refractivity contribution in [3.05, 3.63) is 24.3 Å². The standard InChI is InChI=1S/C13H19NO2S/c1-15-12-4-2-3-5-13(12)16-7-6-10-8-17-9-11(10)14/h2-5,10-11H,6-9,14H2,1H3. The highest BCUT2D eigenvalue weighted by Gasteiger charge is 2.24. The van der Waals surface area contributed by atoms with E-state index in [1.54, 1.807) is 7.11 Å². The second kappa shape index (κ2) is 6.17. The summed E-state index contributed by atoms with van der Waals surface area (Å²) in [5.74, 6) is 4.44. The van der Waals surface area contributed by atoms with Crippen molar-refractivity contribution >= 4 is 11.8 Å². The molecule has 1 aliphatic heterocycles. The smallest absolute Gasteiger partial charge is 0.161 e. The summed E-state index contributed by atoms with van der Waals surface area (Å²) in [6, 6.07) is 8.07. The Morgan fingerprint density at radius 3 is 2.71 bits per heavy atom. The van der Waals surface area contributed by atoms with Gasteiger partial charge in [0.25, 0.3) is 0 Å². The molecule has 1 aromatic rings. The third kappa shape index (κ3) is 3.30. The number of nitrogens with two attached hydrogens (primary N) is 1. The Bertz CT molecular complexity index is 359. The molecule has 1 heterocycles. The van der Waals surface area contributed by atoms with Gasteiger partial charge in [-0.2, -0.15) is 11.8 Å². The van der Waals surface area contributed by atoms with Crippen LogP contribution in [-0.2, 0) is 0 Å². The van der Waals surface area contributed by atoms with Crippen LogP contribution in [0.1, 0.15) is 6.42 Å². The second-order valence-electron chi connectivity index (χ2n) is 4.25. The average Bonchev–Trinajstić information content (AvgIpc) is 2.76.